The van der Waals surface area contributed by atoms with Gasteiger partial charge in [-0.15, -0.1) is 0 Å². The molecule has 0 unspecified atom stereocenters. The fourth-order valence-electron chi connectivity index (χ4n) is 3.19. The van der Waals surface area contributed by atoms with Crippen molar-refractivity contribution in [2.24, 2.45) is 0 Å². The number of para-hydroxylation sites is 2. The first-order chi connectivity index (χ1) is 13.5. The first-order valence-corrected chi connectivity index (χ1v) is 10.8. The highest BCUT2D eigenvalue weighted by Crippen LogP contribution is 2.28. The van der Waals surface area contributed by atoms with Gasteiger partial charge in [0.1, 0.15) is 17.3 Å². The third-order valence-electron chi connectivity index (χ3n) is 4.69. The highest BCUT2D eigenvalue weighted by molar-refractivity contribution is 7.89. The number of nitrogens with zero attached hydrogens (tertiary/aromatic N) is 2. The molecule has 0 radical (unpaired) electrons. The van der Waals surface area contributed by atoms with E-state index in [9.17, 15) is 12.8 Å². The largest absolute Gasteiger partial charge is 0.495 e. The molecule has 0 N–H and O–H groups in total. The minimum Gasteiger partial charge on any atom is -0.495 e. The van der Waals surface area contributed by atoms with Crippen molar-refractivity contribution in [1.29, 1.82) is 0 Å². The van der Waals surface area contributed by atoms with Crippen molar-refractivity contribution in [2.75, 3.05) is 50.5 Å². The molecule has 1 saturated heterocycles. The molecule has 0 amide bonds. The molecule has 0 aliphatic carbocycles. The zero-order valence-corrected chi connectivity index (χ0v) is 16.7. The van der Waals surface area contributed by atoms with Crippen molar-refractivity contribution < 1.29 is 22.3 Å². The topological polar surface area (TPSA) is 59.1 Å². The monoisotopic (exact) mass is 408 g/mol. The van der Waals surface area contributed by atoms with Crippen LogP contribution in [-0.2, 0) is 10.0 Å². The van der Waals surface area contributed by atoms with Gasteiger partial charge in [0.2, 0.25) is 10.0 Å². The van der Waals surface area contributed by atoms with Crippen LogP contribution in [0.15, 0.2) is 48.5 Å². The molecule has 28 heavy (non-hydrogen) atoms. The minimum absolute atomic E-state index is 0.0306. The van der Waals surface area contributed by atoms with Crippen LogP contribution in [0.1, 0.15) is 6.42 Å². The molecule has 0 saturated carbocycles. The van der Waals surface area contributed by atoms with Crippen LogP contribution in [0.25, 0.3) is 0 Å². The van der Waals surface area contributed by atoms with Crippen LogP contribution in [0.3, 0.4) is 0 Å². The predicted octanol–water partition coefficient (Wildman–Crippen LogP) is 2.76. The first-order valence-electron chi connectivity index (χ1n) is 9.24. The summed E-state index contributed by atoms with van der Waals surface area (Å²) < 4.78 is 50.4. The van der Waals surface area contributed by atoms with Crippen molar-refractivity contribution >= 4 is 15.7 Å². The maximum absolute atomic E-state index is 12.9. The average Bonchev–Trinajstić information content (AvgIpc) is 2.72. The van der Waals surface area contributed by atoms with Gasteiger partial charge in [0.15, 0.2) is 0 Å². The number of benzene rings is 2. The molecular formula is C20H25FN2O4S. The molecule has 0 aromatic heterocycles. The highest BCUT2D eigenvalue weighted by Gasteiger charge is 2.27. The van der Waals surface area contributed by atoms with Crippen LogP contribution in [0.4, 0.5) is 10.1 Å². The number of halogens is 1. The molecule has 0 spiro atoms. The Kier molecular flexibility index (Phi) is 6.74. The molecule has 1 aliphatic heterocycles. The minimum atomic E-state index is -3.33. The van der Waals surface area contributed by atoms with E-state index in [0.29, 0.717) is 38.3 Å². The number of methoxy groups -OCH3 is 1. The number of rotatable bonds is 8. The molecule has 1 aliphatic rings. The second-order valence-corrected chi connectivity index (χ2v) is 8.62. The van der Waals surface area contributed by atoms with Crippen LogP contribution in [0.5, 0.6) is 11.5 Å². The van der Waals surface area contributed by atoms with E-state index in [-0.39, 0.29) is 18.2 Å². The first kappa shape index (κ1) is 20.4. The molecule has 8 heteroatoms. The van der Waals surface area contributed by atoms with E-state index >= 15 is 0 Å². The smallest absolute Gasteiger partial charge is 0.214 e. The van der Waals surface area contributed by atoms with Gasteiger partial charge in [-0.25, -0.2) is 12.8 Å². The maximum Gasteiger partial charge on any atom is 0.214 e. The maximum atomic E-state index is 12.9. The van der Waals surface area contributed by atoms with E-state index in [1.54, 1.807) is 7.11 Å². The second-order valence-electron chi connectivity index (χ2n) is 6.53. The lowest BCUT2D eigenvalue weighted by Crippen LogP contribution is -2.49. The van der Waals surface area contributed by atoms with Gasteiger partial charge < -0.3 is 14.4 Å². The standard InChI is InChI=1S/C20H25FN2O4S/c1-26-20-6-3-2-5-19(20)22-11-13-23(14-12-22)28(24,25)16-4-15-27-18-9-7-17(21)8-10-18/h2-3,5-10H,4,11-16H2,1H3. The highest BCUT2D eigenvalue weighted by atomic mass is 32.2. The van der Waals surface area contributed by atoms with Gasteiger partial charge in [-0.2, -0.15) is 4.31 Å². The lowest BCUT2D eigenvalue weighted by molar-refractivity contribution is 0.314. The predicted molar refractivity (Wildman–Crippen MR) is 107 cm³/mol. The molecule has 3 rings (SSSR count). The lowest BCUT2D eigenvalue weighted by Gasteiger charge is -2.36. The normalized spacial score (nSPS) is 15.4. The Morgan fingerprint density at radius 1 is 1.00 bits per heavy atom. The van der Waals surface area contributed by atoms with Gasteiger partial charge in [-0.1, -0.05) is 12.1 Å². The third kappa shape index (κ3) is 5.14. The summed E-state index contributed by atoms with van der Waals surface area (Å²) in [7, 11) is -1.70. The number of anilines is 1. The van der Waals surface area contributed by atoms with Gasteiger partial charge in [0.05, 0.1) is 25.2 Å². The van der Waals surface area contributed by atoms with Gasteiger partial charge in [-0.05, 0) is 42.8 Å². The molecule has 6 nitrogen and oxygen atoms in total. The average molecular weight is 408 g/mol. The van der Waals surface area contributed by atoms with Crippen molar-refractivity contribution in [3.8, 4) is 11.5 Å². The Morgan fingerprint density at radius 2 is 1.68 bits per heavy atom. The summed E-state index contributed by atoms with van der Waals surface area (Å²) in [6, 6.07) is 13.4. The summed E-state index contributed by atoms with van der Waals surface area (Å²) in [6.45, 7) is 2.39. The Hall–Kier alpha value is -2.32. The lowest BCUT2D eigenvalue weighted by atomic mass is 10.2. The SMILES string of the molecule is COc1ccccc1N1CCN(S(=O)(=O)CCCOc2ccc(F)cc2)CC1. The van der Waals surface area contributed by atoms with E-state index in [0.717, 1.165) is 11.4 Å². The third-order valence-corrected chi connectivity index (χ3v) is 6.64. The Morgan fingerprint density at radius 3 is 2.36 bits per heavy atom. The number of hydrogen-bond donors (Lipinski definition) is 0. The van der Waals surface area contributed by atoms with Crippen molar-refractivity contribution in [3.05, 3.63) is 54.3 Å². The van der Waals surface area contributed by atoms with Crippen LogP contribution in [-0.4, -0.2) is 58.4 Å². The zero-order chi connectivity index (χ0) is 20.0. The van der Waals surface area contributed by atoms with E-state index in [1.807, 2.05) is 24.3 Å². The fraction of sp³-hybridized carbons (Fsp3) is 0.400. The zero-order valence-electron chi connectivity index (χ0n) is 15.9. The summed E-state index contributed by atoms with van der Waals surface area (Å²) in [4.78, 5) is 2.14. The van der Waals surface area contributed by atoms with E-state index in [1.165, 1.54) is 28.6 Å². The number of hydrogen-bond acceptors (Lipinski definition) is 5. The summed E-state index contributed by atoms with van der Waals surface area (Å²) in [6.07, 6.45) is 0.381. The molecule has 2 aromatic carbocycles. The number of sulfonamides is 1. The van der Waals surface area contributed by atoms with Crippen LogP contribution in [0, 0.1) is 5.82 Å². The van der Waals surface area contributed by atoms with Gasteiger partial charge in [0, 0.05) is 26.2 Å². The number of ether oxygens (including phenoxy) is 2. The Labute approximate surface area is 165 Å². The molecule has 2 aromatic rings. The van der Waals surface area contributed by atoms with Crippen molar-refractivity contribution in [3.63, 3.8) is 0 Å². The van der Waals surface area contributed by atoms with E-state index in [2.05, 4.69) is 4.90 Å². The van der Waals surface area contributed by atoms with Gasteiger partial charge >= 0.3 is 0 Å². The van der Waals surface area contributed by atoms with Crippen LogP contribution in [0.2, 0.25) is 0 Å². The molecule has 0 atom stereocenters. The molecule has 1 fully saturated rings. The Bertz CT molecular complexity index is 866. The van der Waals surface area contributed by atoms with Crippen molar-refractivity contribution in [1.82, 2.24) is 4.31 Å². The molecule has 152 valence electrons. The van der Waals surface area contributed by atoms with E-state index in [4.69, 9.17) is 9.47 Å². The molecular weight excluding hydrogens is 383 g/mol. The summed E-state index contributed by atoms with van der Waals surface area (Å²) in [5.74, 6) is 1.02. The van der Waals surface area contributed by atoms with Crippen LogP contribution < -0.4 is 14.4 Å². The van der Waals surface area contributed by atoms with Gasteiger partial charge in [-0.3, -0.25) is 0 Å². The fourth-order valence-corrected chi connectivity index (χ4v) is 4.65. The van der Waals surface area contributed by atoms with Crippen LogP contribution >= 0.6 is 0 Å². The summed E-state index contributed by atoms with van der Waals surface area (Å²) >= 11 is 0. The molecule has 0 bridgehead atoms. The second kappa shape index (κ2) is 9.25. The van der Waals surface area contributed by atoms with Crippen molar-refractivity contribution in [2.45, 2.75) is 6.42 Å². The number of piperazine rings is 1. The Balaban J connectivity index is 1.47. The van der Waals surface area contributed by atoms with E-state index < -0.39 is 10.0 Å². The quantitative estimate of drug-likeness (QED) is 0.629. The van der Waals surface area contributed by atoms with Gasteiger partial charge in [0.25, 0.3) is 0 Å². The molecule has 1 heterocycles. The summed E-state index contributed by atoms with van der Waals surface area (Å²) in [5.41, 5.74) is 0.981. The summed E-state index contributed by atoms with van der Waals surface area (Å²) in [5, 5.41) is 0.